The van der Waals surface area contributed by atoms with Crippen LogP contribution in [-0.4, -0.2) is 76.4 Å². The molecule has 16 heteroatoms. The van der Waals surface area contributed by atoms with E-state index < -0.39 is 0 Å². The van der Waals surface area contributed by atoms with Crippen molar-refractivity contribution in [1.29, 1.82) is 0 Å². The third-order valence-corrected chi connectivity index (χ3v) is 15.9. The van der Waals surface area contributed by atoms with E-state index in [0.29, 0.717) is 78.5 Å². The van der Waals surface area contributed by atoms with Crippen molar-refractivity contribution in [3.63, 3.8) is 0 Å². The molecule has 1 aliphatic rings. The van der Waals surface area contributed by atoms with Gasteiger partial charge < -0.3 is 20.1 Å². The number of carbonyl (C=O) groups is 12. The number of amides is 2. The summed E-state index contributed by atoms with van der Waals surface area (Å²) in [6.45, 7) is 15.5. The molecule has 1 saturated carbocycles. The first kappa shape index (κ1) is 74.5. The zero-order chi connectivity index (χ0) is 70.9. The fourth-order valence-corrected chi connectivity index (χ4v) is 9.88. The van der Waals surface area contributed by atoms with Crippen LogP contribution in [-0.2, 0) is 9.59 Å². The number of nitrogens with one attached hydrogen (secondary N) is 2. The number of ether oxygens (including phenoxy) is 2. The van der Waals surface area contributed by atoms with Crippen molar-refractivity contribution in [2.75, 3.05) is 17.4 Å². The Morgan fingerprint density at radius 2 is 0.495 bits per heavy atom. The van der Waals surface area contributed by atoms with E-state index in [-0.39, 0.29) is 88.3 Å². The molecule has 0 spiro atoms. The van der Waals surface area contributed by atoms with E-state index in [1.165, 1.54) is 27.7 Å². The Balaban J connectivity index is 0.000000198. The van der Waals surface area contributed by atoms with Gasteiger partial charge in [0.1, 0.15) is 23.1 Å². The fraction of sp³-hybridized carbons (Fsp3) is 0.210. The Morgan fingerprint density at radius 3 is 0.732 bits per heavy atom. The molecule has 2 amide bonds. The van der Waals surface area contributed by atoms with E-state index in [4.69, 9.17) is 9.47 Å². The van der Waals surface area contributed by atoms with E-state index in [9.17, 15) is 57.5 Å². The number of Topliss-reactive ketones (excluding diaryl/α,β-unsaturated/α-hetero) is 10. The van der Waals surface area contributed by atoms with Crippen LogP contribution in [0.2, 0.25) is 0 Å². The van der Waals surface area contributed by atoms with Crippen LogP contribution < -0.4 is 20.1 Å². The molecule has 0 radical (unpaired) electrons. The molecule has 9 aromatic carbocycles. The smallest absolute Gasteiger partial charge is 0.255 e. The lowest BCUT2D eigenvalue weighted by Gasteiger charge is -2.24. The van der Waals surface area contributed by atoms with Crippen LogP contribution in [0.3, 0.4) is 0 Å². The van der Waals surface area contributed by atoms with Gasteiger partial charge in [0.25, 0.3) is 11.8 Å². The van der Waals surface area contributed by atoms with Gasteiger partial charge >= 0.3 is 0 Å². The van der Waals surface area contributed by atoms with Crippen molar-refractivity contribution >= 4 is 91.8 Å². The second-order valence-corrected chi connectivity index (χ2v) is 23.2. The van der Waals surface area contributed by atoms with E-state index in [0.717, 1.165) is 47.6 Å². The molecule has 496 valence electrons. The molecule has 0 atom stereocenters. The monoisotopic (exact) mass is 1300 g/mol. The normalized spacial score (nSPS) is 12.6. The summed E-state index contributed by atoms with van der Waals surface area (Å²) in [7, 11) is 0. The molecule has 0 unspecified atom stereocenters. The molecule has 16 nitrogen and oxygen atoms in total. The highest BCUT2D eigenvalue weighted by Crippen LogP contribution is 2.30. The summed E-state index contributed by atoms with van der Waals surface area (Å²) in [4.78, 5) is 136. The molecule has 0 aliphatic heterocycles. The van der Waals surface area contributed by atoms with Crippen LogP contribution >= 0.6 is 0 Å². The standard InChI is InChI=1S/C24H20N2O4.C17H16O4.C16H14O2.C14H12O2.C10H16O2/c1-15(27)17-7-11-21(12-8-17)25-23(29)19-3-5-20(6-4-19)24(30)26-22-13-9-18(10-14-22)16(2)28;1-12(18)14-3-7-16(8-4-14)20-11-21-17-9-5-15(6-10-17)13(2)19;1-11(17)13-3-7-15(8-4-13)16-9-5-14(6-10-16)12(2)18;1-9(15)11-3-5-14-8-12(10(2)16)4-6-13(14)7-11;1-7(11)9-3-5-10(6-4-9)8(2)12/h3-14H,1-2H3,(H,25,29)(H,26,30);3-10H,11H2,1-2H3;3-10H,1-2H3;3-8H,1-2H3;9-10H,3-6H2,1-2H3. The maximum atomic E-state index is 12.4. The largest absolute Gasteiger partial charge is 0.458 e. The lowest BCUT2D eigenvalue weighted by Crippen LogP contribution is -2.23. The summed E-state index contributed by atoms with van der Waals surface area (Å²) in [5, 5.41) is 7.47. The highest BCUT2D eigenvalue weighted by molar-refractivity contribution is 6.08. The molecule has 1 aliphatic carbocycles. The zero-order valence-electron chi connectivity index (χ0n) is 56.0. The van der Waals surface area contributed by atoms with Gasteiger partial charge in [0.2, 0.25) is 6.79 Å². The predicted molar refractivity (Wildman–Crippen MR) is 377 cm³/mol. The summed E-state index contributed by atoms with van der Waals surface area (Å²) in [6, 6.07) is 59.1. The molecule has 9 aromatic rings. The lowest BCUT2D eigenvalue weighted by molar-refractivity contribution is -0.126. The van der Waals surface area contributed by atoms with Gasteiger partial charge in [-0.3, -0.25) is 57.5 Å². The topological polar surface area (TPSA) is 247 Å². The number of anilines is 2. The fourth-order valence-electron chi connectivity index (χ4n) is 9.88. The second kappa shape index (κ2) is 36.2. The van der Waals surface area contributed by atoms with Gasteiger partial charge in [-0.2, -0.15) is 0 Å². The highest BCUT2D eigenvalue weighted by Gasteiger charge is 2.26. The molecule has 10 rings (SSSR count). The number of fused-ring (bicyclic) bond motifs is 1. The number of ketones is 10. The Labute approximate surface area is 564 Å². The third-order valence-electron chi connectivity index (χ3n) is 15.9. The first-order chi connectivity index (χ1) is 46.1. The average molecular weight is 1300 g/mol. The molecule has 0 heterocycles. The Kier molecular flexibility index (Phi) is 27.8. The number of hydrogen-bond donors (Lipinski definition) is 2. The highest BCUT2D eigenvalue weighted by atomic mass is 16.7. The van der Waals surface area contributed by atoms with Gasteiger partial charge in [-0.15, -0.1) is 0 Å². The first-order valence-electron chi connectivity index (χ1n) is 31.4. The summed E-state index contributed by atoms with van der Waals surface area (Å²) in [5.74, 6) is 1.84. The Hall–Kier alpha value is -11.5. The molecular weight excluding hydrogens is 1220 g/mol. The minimum atomic E-state index is -0.322. The number of hydrogen-bond acceptors (Lipinski definition) is 14. The maximum Gasteiger partial charge on any atom is 0.255 e. The molecule has 0 saturated heterocycles. The van der Waals surface area contributed by atoms with Gasteiger partial charge in [-0.25, -0.2) is 0 Å². The summed E-state index contributed by atoms with van der Waals surface area (Å²) in [5.41, 5.74) is 9.24. The molecule has 97 heavy (non-hydrogen) atoms. The molecule has 0 aromatic heterocycles. The van der Waals surface area contributed by atoms with Crippen LogP contribution in [0.15, 0.2) is 206 Å². The van der Waals surface area contributed by atoms with Crippen molar-refractivity contribution in [2.24, 2.45) is 11.8 Å². The summed E-state index contributed by atoms with van der Waals surface area (Å²) < 4.78 is 10.8. The van der Waals surface area contributed by atoms with Crippen molar-refractivity contribution in [2.45, 2.75) is 94.9 Å². The van der Waals surface area contributed by atoms with Crippen molar-refractivity contribution in [3.8, 4) is 22.6 Å². The van der Waals surface area contributed by atoms with Gasteiger partial charge in [-0.05, 0) is 250 Å². The van der Waals surface area contributed by atoms with Crippen LogP contribution in [0.1, 0.15) is 199 Å². The Morgan fingerprint density at radius 1 is 0.278 bits per heavy atom. The third kappa shape index (κ3) is 23.5. The summed E-state index contributed by atoms with van der Waals surface area (Å²) in [6.07, 6.45) is 3.66. The minimum Gasteiger partial charge on any atom is -0.458 e. The van der Waals surface area contributed by atoms with Gasteiger partial charge in [0, 0.05) is 78.8 Å². The SMILES string of the molecule is CC(=O)C1CCC(C(C)=O)CC1.CC(=O)c1ccc(-c2ccc(C(C)=O)cc2)cc1.CC(=O)c1ccc(NC(=O)c2ccc(C(=O)Nc3ccc(C(C)=O)cc3)cc2)cc1.CC(=O)c1ccc(OCOc2ccc(C(C)=O)cc2)cc1.CC(=O)c1ccc2cc(C(C)=O)ccc2c1. The average Bonchev–Trinajstić information content (AvgIpc) is 0.874. The summed E-state index contributed by atoms with van der Waals surface area (Å²) >= 11 is 0. The first-order valence-corrected chi connectivity index (χ1v) is 31.4. The lowest BCUT2D eigenvalue weighted by atomic mass is 9.79. The zero-order valence-corrected chi connectivity index (χ0v) is 56.0. The van der Waals surface area contributed by atoms with Gasteiger partial charge in [0.05, 0.1) is 0 Å². The maximum absolute atomic E-state index is 12.4. The van der Waals surface area contributed by atoms with E-state index in [1.807, 2.05) is 72.8 Å². The predicted octanol–water partition coefficient (Wildman–Crippen LogP) is 17.1. The number of carbonyl (C=O) groups excluding carboxylic acids is 12. The van der Waals surface area contributed by atoms with Crippen molar-refractivity contribution in [1.82, 2.24) is 0 Å². The van der Waals surface area contributed by atoms with Crippen molar-refractivity contribution < 1.29 is 67.0 Å². The molecule has 1 fully saturated rings. The van der Waals surface area contributed by atoms with Gasteiger partial charge in [0.15, 0.2) is 46.3 Å². The van der Waals surface area contributed by atoms with E-state index >= 15 is 0 Å². The van der Waals surface area contributed by atoms with Crippen LogP contribution in [0.5, 0.6) is 11.5 Å². The second-order valence-electron chi connectivity index (χ2n) is 23.2. The van der Waals surface area contributed by atoms with Crippen LogP contribution in [0, 0.1) is 11.8 Å². The Bertz CT molecular complexity index is 4040. The van der Waals surface area contributed by atoms with E-state index in [1.54, 1.807) is 175 Å². The van der Waals surface area contributed by atoms with Gasteiger partial charge in [-0.1, -0.05) is 72.8 Å². The number of rotatable bonds is 19. The minimum absolute atomic E-state index is 0.0170. The van der Waals surface area contributed by atoms with Crippen LogP contribution in [0.4, 0.5) is 11.4 Å². The molecule has 2 N–H and O–H groups in total. The quantitative estimate of drug-likeness (QED) is 0.0565. The van der Waals surface area contributed by atoms with Crippen LogP contribution in [0.25, 0.3) is 21.9 Å². The number of benzene rings is 9. The van der Waals surface area contributed by atoms with Crippen molar-refractivity contribution in [3.05, 3.63) is 262 Å². The molecule has 0 bridgehead atoms. The molecular formula is C81H78N2O14. The van der Waals surface area contributed by atoms with E-state index in [2.05, 4.69) is 10.6 Å².